The molecule has 0 saturated heterocycles. The highest BCUT2D eigenvalue weighted by atomic mass is 16.5. The number of benzene rings is 1. The molecule has 94 valence electrons. The number of hydrogen-bond donors (Lipinski definition) is 1. The fraction of sp³-hybridized carbons (Fsp3) is 0.308. The number of rotatable bonds is 5. The van der Waals surface area contributed by atoms with E-state index in [4.69, 9.17) is 5.26 Å². The van der Waals surface area contributed by atoms with Gasteiger partial charge in [0.05, 0.1) is 18.2 Å². The van der Waals surface area contributed by atoms with Crippen LogP contribution in [0.25, 0.3) is 0 Å². The zero-order valence-electron chi connectivity index (χ0n) is 10.1. The molecule has 1 aromatic carbocycles. The third-order valence-corrected chi connectivity index (χ3v) is 2.18. The Kier molecular flexibility index (Phi) is 5.39. The van der Waals surface area contributed by atoms with Crippen LogP contribution < -0.4 is 5.32 Å². The Balaban J connectivity index is 2.38. The molecule has 0 heterocycles. The van der Waals surface area contributed by atoms with Gasteiger partial charge in [-0.2, -0.15) is 5.26 Å². The van der Waals surface area contributed by atoms with Crippen molar-refractivity contribution < 1.29 is 14.3 Å². The molecule has 0 unspecified atom stereocenters. The van der Waals surface area contributed by atoms with Crippen molar-refractivity contribution in [1.82, 2.24) is 5.32 Å². The first-order chi connectivity index (χ1) is 8.65. The van der Waals surface area contributed by atoms with E-state index in [1.807, 2.05) is 6.07 Å². The normalized spacial score (nSPS) is 9.33. The number of esters is 1. The average Bonchev–Trinajstić information content (AvgIpc) is 2.37. The summed E-state index contributed by atoms with van der Waals surface area (Å²) in [5.74, 6) is -0.910. The van der Waals surface area contributed by atoms with E-state index in [-0.39, 0.29) is 18.9 Å². The summed E-state index contributed by atoms with van der Waals surface area (Å²) in [5, 5.41) is 11.2. The summed E-state index contributed by atoms with van der Waals surface area (Å²) < 4.78 is 4.66. The van der Waals surface area contributed by atoms with E-state index in [0.717, 1.165) is 5.56 Å². The van der Waals surface area contributed by atoms with Crippen molar-refractivity contribution >= 4 is 11.9 Å². The Labute approximate surface area is 105 Å². The molecule has 0 aliphatic heterocycles. The van der Waals surface area contributed by atoms with Gasteiger partial charge >= 0.3 is 5.97 Å². The first-order valence-corrected chi connectivity index (χ1v) is 5.57. The Bertz CT molecular complexity index is 460. The van der Waals surface area contributed by atoms with E-state index in [0.29, 0.717) is 12.1 Å². The number of hydrogen-bond acceptors (Lipinski definition) is 4. The molecular formula is C13H14N2O3. The lowest BCUT2D eigenvalue weighted by atomic mass is 10.1. The minimum Gasteiger partial charge on any atom is -0.466 e. The van der Waals surface area contributed by atoms with Gasteiger partial charge in [0.1, 0.15) is 6.42 Å². The van der Waals surface area contributed by atoms with E-state index in [1.54, 1.807) is 31.2 Å². The maximum Gasteiger partial charge on any atom is 0.315 e. The second-order valence-corrected chi connectivity index (χ2v) is 3.57. The number of carbonyl (C=O) groups excluding carboxylic acids is 2. The first-order valence-electron chi connectivity index (χ1n) is 5.57. The second-order valence-electron chi connectivity index (χ2n) is 3.57. The Hall–Kier alpha value is -2.35. The van der Waals surface area contributed by atoms with Gasteiger partial charge in [-0.1, -0.05) is 12.1 Å². The number of amides is 1. The van der Waals surface area contributed by atoms with Crippen molar-refractivity contribution in [3.8, 4) is 6.07 Å². The van der Waals surface area contributed by atoms with Crippen LogP contribution in [0.5, 0.6) is 0 Å². The zero-order chi connectivity index (χ0) is 13.4. The van der Waals surface area contributed by atoms with Crippen molar-refractivity contribution in [1.29, 1.82) is 5.26 Å². The fourth-order valence-electron chi connectivity index (χ4n) is 1.30. The SMILES string of the molecule is CCOC(=O)CC(=O)NCc1ccc(C#N)cc1. The van der Waals surface area contributed by atoms with Crippen molar-refractivity contribution in [2.45, 2.75) is 19.9 Å². The molecule has 0 bridgehead atoms. The molecule has 1 amide bonds. The summed E-state index contributed by atoms with van der Waals surface area (Å²) in [6, 6.07) is 8.86. The minimum absolute atomic E-state index is 0.266. The molecular weight excluding hydrogens is 232 g/mol. The van der Waals surface area contributed by atoms with Crippen molar-refractivity contribution in [2.24, 2.45) is 0 Å². The molecule has 18 heavy (non-hydrogen) atoms. The van der Waals surface area contributed by atoms with Gasteiger partial charge in [0.25, 0.3) is 0 Å². The highest BCUT2D eigenvalue weighted by molar-refractivity contribution is 5.94. The predicted molar refractivity (Wildman–Crippen MR) is 64.3 cm³/mol. The third-order valence-electron chi connectivity index (χ3n) is 2.18. The molecule has 0 aliphatic rings. The van der Waals surface area contributed by atoms with Crippen LogP contribution in [-0.2, 0) is 20.9 Å². The van der Waals surface area contributed by atoms with Gasteiger partial charge in [0.2, 0.25) is 5.91 Å². The van der Waals surface area contributed by atoms with Crippen LogP contribution in [0.2, 0.25) is 0 Å². The Morgan fingerprint density at radius 2 is 2.00 bits per heavy atom. The van der Waals surface area contributed by atoms with Crippen LogP contribution >= 0.6 is 0 Å². The molecule has 1 N–H and O–H groups in total. The first kappa shape index (κ1) is 13.7. The summed E-state index contributed by atoms with van der Waals surface area (Å²) in [4.78, 5) is 22.4. The monoisotopic (exact) mass is 246 g/mol. The lowest BCUT2D eigenvalue weighted by Crippen LogP contribution is -2.26. The maximum absolute atomic E-state index is 11.4. The van der Waals surface area contributed by atoms with Crippen LogP contribution in [-0.4, -0.2) is 18.5 Å². The molecule has 1 aromatic rings. The molecule has 0 spiro atoms. The standard InChI is InChI=1S/C13H14N2O3/c1-2-18-13(17)7-12(16)15-9-11-5-3-10(8-14)4-6-11/h3-6H,2,7,9H2,1H3,(H,15,16). The van der Waals surface area contributed by atoms with E-state index in [2.05, 4.69) is 10.1 Å². The molecule has 5 nitrogen and oxygen atoms in total. The van der Waals surface area contributed by atoms with Crippen LogP contribution in [0.15, 0.2) is 24.3 Å². The van der Waals surface area contributed by atoms with E-state index in [9.17, 15) is 9.59 Å². The molecule has 1 rings (SSSR count). The molecule has 0 aromatic heterocycles. The average molecular weight is 246 g/mol. The predicted octanol–water partition coefficient (Wildman–Crippen LogP) is 1.13. The summed E-state index contributed by atoms with van der Waals surface area (Å²) in [6.07, 6.45) is -0.274. The third kappa shape index (κ3) is 4.66. The van der Waals surface area contributed by atoms with Gasteiger partial charge in [-0.15, -0.1) is 0 Å². The van der Waals surface area contributed by atoms with Gasteiger partial charge in [0, 0.05) is 6.54 Å². The fourth-order valence-corrected chi connectivity index (χ4v) is 1.30. The second kappa shape index (κ2) is 7.07. The smallest absolute Gasteiger partial charge is 0.315 e. The highest BCUT2D eigenvalue weighted by Crippen LogP contribution is 2.02. The highest BCUT2D eigenvalue weighted by Gasteiger charge is 2.09. The molecule has 0 fully saturated rings. The zero-order valence-corrected chi connectivity index (χ0v) is 10.1. The lowest BCUT2D eigenvalue weighted by Gasteiger charge is -2.05. The number of nitrogens with one attached hydrogen (secondary N) is 1. The maximum atomic E-state index is 11.4. The van der Waals surface area contributed by atoms with Crippen LogP contribution in [0.4, 0.5) is 0 Å². The molecule has 0 radical (unpaired) electrons. The molecule has 5 heteroatoms. The van der Waals surface area contributed by atoms with Crippen molar-refractivity contribution in [3.63, 3.8) is 0 Å². The number of nitriles is 1. The quantitative estimate of drug-likeness (QED) is 0.624. The van der Waals surface area contributed by atoms with Gasteiger partial charge in [-0.05, 0) is 24.6 Å². The Morgan fingerprint density at radius 1 is 1.33 bits per heavy atom. The van der Waals surface area contributed by atoms with E-state index >= 15 is 0 Å². The van der Waals surface area contributed by atoms with E-state index < -0.39 is 5.97 Å². The molecule has 0 saturated carbocycles. The largest absolute Gasteiger partial charge is 0.466 e. The molecule has 0 aliphatic carbocycles. The Morgan fingerprint density at radius 3 is 2.56 bits per heavy atom. The number of nitrogens with zero attached hydrogens (tertiary/aromatic N) is 1. The summed E-state index contributed by atoms with van der Waals surface area (Å²) >= 11 is 0. The van der Waals surface area contributed by atoms with E-state index in [1.165, 1.54) is 0 Å². The lowest BCUT2D eigenvalue weighted by molar-refractivity contribution is -0.146. The summed E-state index contributed by atoms with van der Waals surface area (Å²) in [5.41, 5.74) is 1.43. The van der Waals surface area contributed by atoms with Gasteiger partial charge in [-0.3, -0.25) is 9.59 Å². The minimum atomic E-state index is -0.533. The topological polar surface area (TPSA) is 79.2 Å². The van der Waals surface area contributed by atoms with Crippen LogP contribution in [0.3, 0.4) is 0 Å². The van der Waals surface area contributed by atoms with Crippen LogP contribution in [0, 0.1) is 11.3 Å². The number of ether oxygens (including phenoxy) is 1. The number of carbonyl (C=O) groups is 2. The van der Waals surface area contributed by atoms with Gasteiger partial charge in [-0.25, -0.2) is 0 Å². The van der Waals surface area contributed by atoms with Crippen molar-refractivity contribution in [3.05, 3.63) is 35.4 Å². The van der Waals surface area contributed by atoms with Crippen molar-refractivity contribution in [2.75, 3.05) is 6.61 Å². The van der Waals surface area contributed by atoms with Gasteiger partial charge in [0.15, 0.2) is 0 Å². The summed E-state index contributed by atoms with van der Waals surface area (Å²) in [7, 11) is 0. The van der Waals surface area contributed by atoms with Gasteiger partial charge < -0.3 is 10.1 Å². The van der Waals surface area contributed by atoms with Crippen LogP contribution in [0.1, 0.15) is 24.5 Å². The molecule has 0 atom stereocenters. The summed E-state index contributed by atoms with van der Waals surface area (Å²) in [6.45, 7) is 2.28.